The molecule has 1 amide bonds. The molecule has 0 aromatic rings. The van der Waals surface area contributed by atoms with Crippen LogP contribution in [0.3, 0.4) is 0 Å². The van der Waals surface area contributed by atoms with E-state index in [-0.39, 0.29) is 12.5 Å². The van der Waals surface area contributed by atoms with Crippen molar-refractivity contribution in [3.63, 3.8) is 0 Å². The molecule has 0 bridgehead atoms. The number of alkyl carbamates (subject to hydrolysis) is 1. The number of rotatable bonds is 8. The lowest BCUT2D eigenvalue weighted by atomic mass is 9.70. The minimum atomic E-state index is -0.967. The lowest BCUT2D eigenvalue weighted by Crippen LogP contribution is -2.48. The Bertz CT molecular complexity index is 373. The average molecular weight is 315 g/mol. The van der Waals surface area contributed by atoms with E-state index in [1.807, 2.05) is 13.8 Å². The van der Waals surface area contributed by atoms with Gasteiger partial charge in [-0.2, -0.15) is 0 Å². The van der Waals surface area contributed by atoms with Gasteiger partial charge in [-0.3, -0.25) is 4.79 Å². The van der Waals surface area contributed by atoms with Gasteiger partial charge in [0.05, 0.1) is 5.41 Å². The zero-order chi connectivity index (χ0) is 17.6. The highest BCUT2D eigenvalue weighted by atomic mass is 16.6. The first-order valence-corrected chi connectivity index (χ1v) is 8.15. The van der Waals surface area contributed by atoms with Crippen LogP contribution in [0.4, 0.5) is 4.79 Å². The largest absolute Gasteiger partial charge is 0.481 e. The third-order valence-corrected chi connectivity index (χ3v) is 3.97. The molecule has 0 fully saturated rings. The smallest absolute Gasteiger partial charge is 0.407 e. The molecule has 0 spiro atoms. The fourth-order valence-corrected chi connectivity index (χ4v) is 2.68. The number of hydrogen-bond donors (Lipinski definition) is 2. The van der Waals surface area contributed by atoms with Gasteiger partial charge < -0.3 is 15.2 Å². The van der Waals surface area contributed by atoms with E-state index in [9.17, 15) is 14.7 Å². The molecule has 5 heteroatoms. The predicted octanol–water partition coefficient (Wildman–Crippen LogP) is 4.06. The van der Waals surface area contributed by atoms with E-state index in [0.29, 0.717) is 12.3 Å². The molecule has 0 rings (SSSR count). The molecule has 0 heterocycles. The summed E-state index contributed by atoms with van der Waals surface area (Å²) < 4.78 is 5.20. The van der Waals surface area contributed by atoms with E-state index >= 15 is 0 Å². The maximum Gasteiger partial charge on any atom is 0.407 e. The van der Waals surface area contributed by atoms with Crippen molar-refractivity contribution in [1.29, 1.82) is 0 Å². The molecule has 22 heavy (non-hydrogen) atoms. The van der Waals surface area contributed by atoms with Crippen LogP contribution in [0.15, 0.2) is 0 Å². The second-order valence-electron chi connectivity index (χ2n) is 7.57. The summed E-state index contributed by atoms with van der Waals surface area (Å²) in [4.78, 5) is 23.7. The van der Waals surface area contributed by atoms with Crippen LogP contribution < -0.4 is 5.32 Å². The molecule has 0 saturated carbocycles. The van der Waals surface area contributed by atoms with Crippen LogP contribution in [0.5, 0.6) is 0 Å². The number of amides is 1. The van der Waals surface area contributed by atoms with Crippen molar-refractivity contribution < 1.29 is 19.4 Å². The molecule has 2 N–H and O–H groups in total. The van der Waals surface area contributed by atoms with Gasteiger partial charge in [0.2, 0.25) is 0 Å². The number of hydrogen-bond acceptors (Lipinski definition) is 3. The van der Waals surface area contributed by atoms with E-state index in [0.717, 1.165) is 12.8 Å². The fourth-order valence-electron chi connectivity index (χ4n) is 2.68. The van der Waals surface area contributed by atoms with Gasteiger partial charge in [0.1, 0.15) is 5.60 Å². The second-order valence-corrected chi connectivity index (χ2v) is 7.57. The Hall–Kier alpha value is -1.26. The lowest BCUT2D eigenvalue weighted by molar-refractivity contribution is -0.153. The summed E-state index contributed by atoms with van der Waals surface area (Å²) in [6.45, 7) is 13.4. The van der Waals surface area contributed by atoms with Gasteiger partial charge >= 0.3 is 12.1 Å². The monoisotopic (exact) mass is 315 g/mol. The molecule has 0 saturated heterocycles. The predicted molar refractivity (Wildman–Crippen MR) is 87.8 cm³/mol. The highest BCUT2D eigenvalue weighted by Crippen LogP contribution is 2.36. The van der Waals surface area contributed by atoms with Gasteiger partial charge in [0, 0.05) is 6.54 Å². The fraction of sp³-hybridized carbons (Fsp3) is 0.882. The minimum absolute atomic E-state index is 0.0840. The Kier molecular flexibility index (Phi) is 7.91. The van der Waals surface area contributed by atoms with Crippen molar-refractivity contribution in [2.75, 3.05) is 6.54 Å². The van der Waals surface area contributed by atoms with Crippen LogP contribution in [0, 0.1) is 17.3 Å². The normalized spacial score (nSPS) is 16.0. The van der Waals surface area contributed by atoms with Crippen LogP contribution >= 0.6 is 0 Å². The molecule has 0 aliphatic carbocycles. The van der Waals surface area contributed by atoms with Crippen LogP contribution in [0.25, 0.3) is 0 Å². The van der Waals surface area contributed by atoms with E-state index < -0.39 is 23.1 Å². The Morgan fingerprint density at radius 1 is 1.18 bits per heavy atom. The molecule has 5 nitrogen and oxygen atoms in total. The van der Waals surface area contributed by atoms with Gasteiger partial charge in [-0.25, -0.2) is 4.79 Å². The molecule has 0 aromatic carbocycles. The van der Waals surface area contributed by atoms with Crippen LogP contribution in [0.1, 0.15) is 67.7 Å². The summed E-state index contributed by atoms with van der Waals surface area (Å²) in [6, 6.07) is 0. The van der Waals surface area contributed by atoms with Gasteiger partial charge in [0.15, 0.2) is 0 Å². The summed E-state index contributed by atoms with van der Waals surface area (Å²) in [5, 5.41) is 12.4. The maximum atomic E-state index is 11.9. The number of nitrogens with one attached hydrogen (secondary N) is 1. The van der Waals surface area contributed by atoms with E-state index in [4.69, 9.17) is 4.74 Å². The standard InChI is InChI=1S/C17H33NO4/c1-8-9-13(4)10-17(12(2)3,14(19)20)11-18-15(21)22-16(5,6)7/h12-13H,8-11H2,1-7H3,(H,18,21)(H,19,20). The van der Waals surface area contributed by atoms with Crippen molar-refractivity contribution in [1.82, 2.24) is 5.32 Å². The third kappa shape index (κ3) is 6.67. The first-order valence-electron chi connectivity index (χ1n) is 8.15. The van der Waals surface area contributed by atoms with Crippen molar-refractivity contribution in [2.45, 2.75) is 73.3 Å². The van der Waals surface area contributed by atoms with Gasteiger partial charge in [-0.05, 0) is 39.0 Å². The van der Waals surface area contributed by atoms with Crippen molar-refractivity contribution >= 4 is 12.1 Å². The van der Waals surface area contributed by atoms with Crippen molar-refractivity contribution in [2.24, 2.45) is 17.3 Å². The summed E-state index contributed by atoms with van der Waals surface area (Å²) >= 11 is 0. The topological polar surface area (TPSA) is 75.6 Å². The molecular weight excluding hydrogens is 282 g/mol. The maximum absolute atomic E-state index is 11.9. The summed E-state index contributed by atoms with van der Waals surface area (Å²) in [7, 11) is 0. The Balaban J connectivity index is 5.01. The SMILES string of the molecule is CCCC(C)CC(CNC(=O)OC(C)(C)C)(C(=O)O)C(C)C. The summed E-state index contributed by atoms with van der Waals surface area (Å²) in [5.41, 5.74) is -1.56. The van der Waals surface area contributed by atoms with Crippen LogP contribution in [0.2, 0.25) is 0 Å². The summed E-state index contributed by atoms with van der Waals surface area (Å²) in [5.74, 6) is -0.648. The van der Waals surface area contributed by atoms with Crippen molar-refractivity contribution in [3.05, 3.63) is 0 Å². The first-order chi connectivity index (χ1) is 9.94. The summed E-state index contributed by atoms with van der Waals surface area (Å²) in [6.07, 6.45) is 1.98. The second kappa shape index (κ2) is 8.39. The first kappa shape index (κ1) is 20.7. The highest BCUT2D eigenvalue weighted by Gasteiger charge is 2.43. The van der Waals surface area contributed by atoms with E-state index in [1.165, 1.54) is 0 Å². The van der Waals surface area contributed by atoms with Crippen LogP contribution in [-0.4, -0.2) is 29.3 Å². The zero-order valence-corrected chi connectivity index (χ0v) is 15.2. The van der Waals surface area contributed by atoms with Crippen molar-refractivity contribution in [3.8, 4) is 0 Å². The van der Waals surface area contributed by atoms with E-state index in [2.05, 4.69) is 19.2 Å². The number of ether oxygens (including phenoxy) is 1. The number of carbonyl (C=O) groups excluding carboxylic acids is 1. The molecular formula is C17H33NO4. The number of carboxylic acids is 1. The van der Waals surface area contributed by atoms with Gasteiger partial charge in [0.25, 0.3) is 0 Å². The number of aliphatic carboxylic acids is 1. The quantitative estimate of drug-likeness (QED) is 0.708. The molecule has 2 unspecified atom stereocenters. The van der Waals surface area contributed by atoms with Crippen LogP contribution in [-0.2, 0) is 9.53 Å². The lowest BCUT2D eigenvalue weighted by Gasteiger charge is -2.36. The van der Waals surface area contributed by atoms with Gasteiger partial charge in [-0.1, -0.05) is 40.5 Å². The molecule has 130 valence electrons. The molecule has 0 aromatic heterocycles. The minimum Gasteiger partial charge on any atom is -0.481 e. The molecule has 0 radical (unpaired) electrons. The number of carboxylic acid groups (broad SMARTS) is 1. The molecule has 2 atom stereocenters. The Morgan fingerprint density at radius 2 is 1.73 bits per heavy atom. The third-order valence-electron chi connectivity index (χ3n) is 3.97. The Morgan fingerprint density at radius 3 is 2.09 bits per heavy atom. The molecule has 0 aliphatic rings. The average Bonchev–Trinajstić information content (AvgIpc) is 2.31. The highest BCUT2D eigenvalue weighted by molar-refractivity contribution is 5.77. The van der Waals surface area contributed by atoms with E-state index in [1.54, 1.807) is 20.8 Å². The number of carbonyl (C=O) groups is 2. The zero-order valence-electron chi connectivity index (χ0n) is 15.2. The molecule has 0 aliphatic heterocycles. The Labute approximate surface area is 134 Å². The van der Waals surface area contributed by atoms with Gasteiger partial charge in [-0.15, -0.1) is 0 Å².